The van der Waals surface area contributed by atoms with Crippen molar-refractivity contribution in [2.24, 2.45) is 5.41 Å². The van der Waals surface area contributed by atoms with E-state index in [0.717, 1.165) is 19.4 Å². The molecular formula is C30H30ClNO4. The predicted molar refractivity (Wildman–Crippen MR) is 130 cm³/mol. The normalized spacial score (nSPS) is 12.8. The molecule has 5 rings (SSSR count). The Labute approximate surface area is 214 Å². The fourth-order valence-corrected chi connectivity index (χ4v) is 4.86. The number of halogens is 1. The van der Waals surface area contributed by atoms with Crippen molar-refractivity contribution in [1.82, 2.24) is 0 Å². The zero-order chi connectivity index (χ0) is 25.9. The van der Waals surface area contributed by atoms with Crippen LogP contribution in [0.1, 0.15) is 31.9 Å². The van der Waals surface area contributed by atoms with Crippen LogP contribution in [-0.4, -0.2) is 0 Å². The summed E-state index contributed by atoms with van der Waals surface area (Å²) in [5, 5.41) is 0. The van der Waals surface area contributed by atoms with Crippen LogP contribution in [0.4, 0.5) is 0 Å². The molecule has 4 aromatic rings. The Hall–Kier alpha value is -3.06. The molecule has 6 heteroatoms. The van der Waals surface area contributed by atoms with Gasteiger partial charge in [0, 0.05) is 28.2 Å². The lowest BCUT2D eigenvalue weighted by Gasteiger charge is -2.25. The van der Waals surface area contributed by atoms with Gasteiger partial charge in [0.1, 0.15) is 0 Å². The van der Waals surface area contributed by atoms with E-state index in [-0.39, 0.29) is 5.41 Å². The van der Waals surface area contributed by atoms with Crippen LogP contribution in [0.3, 0.4) is 0 Å². The fraction of sp³-hybridized carbons (Fsp3) is 0.233. The molecule has 0 bridgehead atoms. The van der Waals surface area contributed by atoms with E-state index in [0.29, 0.717) is 0 Å². The Morgan fingerprint density at radius 1 is 0.694 bits per heavy atom. The summed E-state index contributed by atoms with van der Waals surface area (Å²) < 4.78 is 36.6. The van der Waals surface area contributed by atoms with Crippen molar-refractivity contribution in [3.63, 3.8) is 0 Å². The highest BCUT2D eigenvalue weighted by molar-refractivity contribution is 5.80. The third kappa shape index (κ3) is 6.38. The number of aryl methyl sites for hydroxylation is 1. The van der Waals surface area contributed by atoms with Crippen LogP contribution in [-0.2, 0) is 19.4 Å². The molecule has 1 heterocycles. The van der Waals surface area contributed by atoms with Gasteiger partial charge in [0.2, 0.25) is 11.4 Å². The maximum Gasteiger partial charge on any atom is 0.217 e. The zero-order valence-electron chi connectivity index (χ0n) is 20.7. The van der Waals surface area contributed by atoms with Crippen LogP contribution in [0.2, 0.25) is 0 Å². The molecule has 0 atom stereocenters. The summed E-state index contributed by atoms with van der Waals surface area (Å²) in [5.74, 6) is 0. The number of benzene rings is 3. The lowest BCUT2D eigenvalue weighted by atomic mass is 9.83. The van der Waals surface area contributed by atoms with Gasteiger partial charge in [0.25, 0.3) is 0 Å². The minimum Gasteiger partial charge on any atom is -0.222 e. The van der Waals surface area contributed by atoms with Gasteiger partial charge in [0.05, 0.1) is 0 Å². The van der Waals surface area contributed by atoms with Crippen LogP contribution in [0.25, 0.3) is 33.6 Å². The number of pyridine rings is 1. The number of nitrogens with zero attached hydrogens (tertiary/aromatic N) is 1. The van der Waals surface area contributed by atoms with Crippen molar-refractivity contribution in [2.75, 3.05) is 0 Å². The average Bonchev–Trinajstić information content (AvgIpc) is 2.83. The van der Waals surface area contributed by atoms with Gasteiger partial charge in [-0.2, -0.15) is 4.57 Å². The first-order chi connectivity index (χ1) is 17.0. The molecule has 3 aromatic carbocycles. The molecule has 186 valence electrons. The van der Waals surface area contributed by atoms with Crippen LogP contribution in [0.15, 0.2) is 91.0 Å². The summed E-state index contributed by atoms with van der Waals surface area (Å²) in [6.07, 6.45) is 2.18. The monoisotopic (exact) mass is 503 g/mol. The average molecular weight is 504 g/mol. The minimum absolute atomic E-state index is 0.169. The Balaban J connectivity index is 0.000000556. The van der Waals surface area contributed by atoms with Crippen LogP contribution >= 0.6 is 0 Å². The van der Waals surface area contributed by atoms with Gasteiger partial charge in [-0.1, -0.05) is 87.5 Å². The summed E-state index contributed by atoms with van der Waals surface area (Å²) in [6, 6.07) is 33.2. The Bertz CT molecular complexity index is 1320. The van der Waals surface area contributed by atoms with Gasteiger partial charge >= 0.3 is 0 Å². The van der Waals surface area contributed by atoms with E-state index in [1.54, 1.807) is 0 Å². The lowest BCUT2D eigenvalue weighted by molar-refractivity contribution is -2.00. The van der Waals surface area contributed by atoms with E-state index in [2.05, 4.69) is 116 Å². The topological polar surface area (TPSA) is 96.1 Å². The Kier molecular flexibility index (Phi) is 7.59. The Morgan fingerprint density at radius 2 is 1.22 bits per heavy atom. The molecule has 0 saturated heterocycles. The second kappa shape index (κ2) is 10.5. The Morgan fingerprint density at radius 3 is 1.81 bits per heavy atom. The number of aromatic nitrogens is 1. The standard InChI is InChI=1S/C30H30N.ClHO4/c1-30(2,3)21-31-28(24-15-8-5-9-16-24)20-27(22-12-6-4-7-13-22)26-19-18-23-14-10-11-17-25(23)29(26)31;2-1(3,4)5/h4-17,20H,18-19,21H2,1-3H3;(H,2,3,4,5)/q+1;/p-1. The van der Waals surface area contributed by atoms with E-state index in [9.17, 15) is 0 Å². The van der Waals surface area contributed by atoms with E-state index in [4.69, 9.17) is 18.6 Å². The van der Waals surface area contributed by atoms with Crippen LogP contribution < -0.4 is 23.2 Å². The quantitative estimate of drug-likeness (QED) is 0.401. The van der Waals surface area contributed by atoms with E-state index >= 15 is 0 Å². The third-order valence-electron chi connectivity index (χ3n) is 6.16. The lowest BCUT2D eigenvalue weighted by Crippen LogP contribution is -2.68. The third-order valence-corrected chi connectivity index (χ3v) is 6.16. The van der Waals surface area contributed by atoms with Crippen molar-refractivity contribution >= 4 is 0 Å². The van der Waals surface area contributed by atoms with Crippen molar-refractivity contribution in [3.05, 3.63) is 102 Å². The highest BCUT2D eigenvalue weighted by atomic mass is 35.7. The molecule has 1 aromatic heterocycles. The molecule has 0 spiro atoms. The predicted octanol–water partition coefficient (Wildman–Crippen LogP) is 2.36. The largest absolute Gasteiger partial charge is 0.222 e. The maximum absolute atomic E-state index is 8.49. The first-order valence-corrected chi connectivity index (χ1v) is 13.2. The summed E-state index contributed by atoms with van der Waals surface area (Å²) in [5.41, 5.74) is 11.1. The summed E-state index contributed by atoms with van der Waals surface area (Å²) in [7, 11) is -4.94. The zero-order valence-corrected chi connectivity index (χ0v) is 21.5. The molecule has 0 unspecified atom stereocenters. The van der Waals surface area contributed by atoms with Gasteiger partial charge in [-0.3, -0.25) is 0 Å². The van der Waals surface area contributed by atoms with E-state index < -0.39 is 10.2 Å². The molecule has 36 heavy (non-hydrogen) atoms. The molecule has 0 radical (unpaired) electrons. The smallest absolute Gasteiger partial charge is 0.217 e. The molecule has 0 saturated carbocycles. The molecule has 0 N–H and O–H groups in total. The maximum atomic E-state index is 8.49. The molecule has 1 aliphatic carbocycles. The van der Waals surface area contributed by atoms with Gasteiger partial charge < -0.3 is 0 Å². The number of fused-ring (bicyclic) bond motifs is 3. The number of hydrogen-bond donors (Lipinski definition) is 0. The number of hydrogen-bond acceptors (Lipinski definition) is 4. The second-order valence-corrected chi connectivity index (χ2v) is 10.9. The van der Waals surface area contributed by atoms with E-state index in [1.807, 2.05) is 0 Å². The molecular weight excluding hydrogens is 474 g/mol. The first kappa shape index (κ1) is 26.0. The highest BCUT2D eigenvalue weighted by Gasteiger charge is 2.33. The molecule has 0 amide bonds. The van der Waals surface area contributed by atoms with E-state index in [1.165, 1.54) is 44.8 Å². The first-order valence-electron chi connectivity index (χ1n) is 11.9. The second-order valence-electron chi connectivity index (χ2n) is 10.2. The van der Waals surface area contributed by atoms with Crippen molar-refractivity contribution < 1.29 is 33.4 Å². The number of rotatable bonds is 3. The minimum atomic E-state index is -4.94. The molecule has 0 aliphatic heterocycles. The summed E-state index contributed by atoms with van der Waals surface area (Å²) >= 11 is 0. The fourth-order valence-electron chi connectivity index (χ4n) is 4.86. The molecule has 5 nitrogen and oxygen atoms in total. The van der Waals surface area contributed by atoms with Crippen molar-refractivity contribution in [2.45, 2.75) is 40.2 Å². The van der Waals surface area contributed by atoms with Gasteiger partial charge in [0.15, 0.2) is 6.54 Å². The van der Waals surface area contributed by atoms with Crippen molar-refractivity contribution in [3.8, 4) is 33.6 Å². The van der Waals surface area contributed by atoms with Crippen LogP contribution in [0, 0.1) is 15.7 Å². The summed E-state index contributed by atoms with van der Waals surface area (Å²) in [6.45, 7) is 7.98. The summed E-state index contributed by atoms with van der Waals surface area (Å²) in [4.78, 5) is 0. The van der Waals surface area contributed by atoms with Gasteiger partial charge in [-0.05, 0) is 47.7 Å². The SMILES string of the molecule is CC(C)(C)C[n+]1c(-c2ccccc2)cc(-c2ccccc2)c2c1-c1ccccc1CC2.[O-][Cl+3]([O-])([O-])[O-]. The van der Waals surface area contributed by atoms with Gasteiger partial charge in [-0.15, -0.1) is 10.2 Å². The van der Waals surface area contributed by atoms with Gasteiger partial charge in [-0.25, -0.2) is 18.6 Å². The molecule has 1 aliphatic rings. The highest BCUT2D eigenvalue weighted by Crippen LogP contribution is 2.39. The van der Waals surface area contributed by atoms with Crippen molar-refractivity contribution in [1.29, 1.82) is 0 Å². The van der Waals surface area contributed by atoms with Crippen LogP contribution in [0.5, 0.6) is 0 Å². The molecule has 0 fully saturated rings.